The van der Waals surface area contributed by atoms with Crippen LogP contribution in [0, 0.1) is 0 Å². The maximum absolute atomic E-state index is 5.86. The predicted octanol–water partition coefficient (Wildman–Crippen LogP) is 4.18. The van der Waals surface area contributed by atoms with Gasteiger partial charge in [-0.05, 0) is 24.3 Å². The Balaban J connectivity index is 2.26. The Morgan fingerprint density at radius 2 is 1.62 bits per heavy atom. The Morgan fingerprint density at radius 3 is 2.31 bits per heavy atom. The molecular weight excluding hydrogens is 268 g/mol. The molecule has 1 heterocycles. The number of benzene rings is 1. The van der Waals surface area contributed by atoms with E-state index in [-0.39, 0.29) is 10.3 Å². The van der Waals surface area contributed by atoms with Crippen LogP contribution < -0.4 is 5.32 Å². The fourth-order valence-electron chi connectivity index (χ4n) is 1.13. The first-order valence-electron chi connectivity index (χ1n) is 4.36. The average Bonchev–Trinajstić information content (AvgIpc) is 2.27. The smallest absolute Gasteiger partial charge is 0.175 e. The van der Waals surface area contributed by atoms with Crippen molar-refractivity contribution >= 4 is 46.2 Å². The van der Waals surface area contributed by atoms with Crippen LogP contribution in [0.3, 0.4) is 0 Å². The molecule has 1 aromatic heterocycles. The van der Waals surface area contributed by atoms with E-state index < -0.39 is 0 Å². The van der Waals surface area contributed by atoms with E-state index >= 15 is 0 Å². The van der Waals surface area contributed by atoms with Gasteiger partial charge in [-0.3, -0.25) is 0 Å². The third-order valence-electron chi connectivity index (χ3n) is 1.84. The predicted molar refractivity (Wildman–Crippen MR) is 66.8 cm³/mol. The number of anilines is 2. The summed E-state index contributed by atoms with van der Waals surface area (Å²) in [6.45, 7) is 0. The Labute approximate surface area is 107 Å². The van der Waals surface area contributed by atoms with E-state index in [1.165, 1.54) is 0 Å². The van der Waals surface area contributed by atoms with Crippen LogP contribution in [-0.2, 0) is 0 Å². The van der Waals surface area contributed by atoms with Gasteiger partial charge in [-0.2, -0.15) is 0 Å². The number of rotatable bonds is 2. The maximum atomic E-state index is 5.86. The van der Waals surface area contributed by atoms with Crippen LogP contribution in [0.1, 0.15) is 0 Å². The van der Waals surface area contributed by atoms with Crippen LogP contribution in [0.25, 0.3) is 0 Å². The summed E-state index contributed by atoms with van der Waals surface area (Å²) in [5.41, 5.74) is 1.44. The SMILES string of the molecule is Clc1ccc(Nc2cc(Cl)nnc2Cl)cc1. The van der Waals surface area contributed by atoms with Crippen molar-refractivity contribution in [3.05, 3.63) is 45.7 Å². The van der Waals surface area contributed by atoms with Crippen molar-refractivity contribution in [1.82, 2.24) is 10.2 Å². The van der Waals surface area contributed by atoms with Crippen molar-refractivity contribution in [3.8, 4) is 0 Å². The highest BCUT2D eigenvalue weighted by Gasteiger charge is 2.04. The molecule has 6 heteroatoms. The summed E-state index contributed by atoms with van der Waals surface area (Å²) in [6, 6.07) is 8.80. The van der Waals surface area contributed by atoms with E-state index in [0.717, 1.165) is 5.69 Å². The van der Waals surface area contributed by atoms with Gasteiger partial charge in [-0.1, -0.05) is 34.8 Å². The Morgan fingerprint density at radius 1 is 0.938 bits per heavy atom. The molecule has 82 valence electrons. The highest BCUT2D eigenvalue weighted by molar-refractivity contribution is 6.33. The van der Waals surface area contributed by atoms with Crippen LogP contribution in [0.15, 0.2) is 30.3 Å². The van der Waals surface area contributed by atoms with Crippen molar-refractivity contribution < 1.29 is 0 Å². The summed E-state index contributed by atoms with van der Waals surface area (Å²) >= 11 is 17.3. The molecule has 2 aromatic rings. The zero-order chi connectivity index (χ0) is 11.5. The van der Waals surface area contributed by atoms with Gasteiger partial charge in [0.1, 0.15) is 0 Å². The van der Waals surface area contributed by atoms with E-state index in [9.17, 15) is 0 Å². The molecule has 1 N–H and O–H groups in total. The molecule has 2 rings (SSSR count). The van der Waals surface area contributed by atoms with Crippen molar-refractivity contribution in [3.63, 3.8) is 0 Å². The summed E-state index contributed by atoms with van der Waals surface area (Å²) < 4.78 is 0. The Bertz CT molecular complexity index is 499. The standard InChI is InChI=1S/C10H6Cl3N3/c11-6-1-3-7(4-2-6)14-8-5-9(12)15-16-10(8)13/h1-5H,(H,14,15). The molecular formula is C10H6Cl3N3. The molecule has 3 nitrogen and oxygen atoms in total. The zero-order valence-electron chi connectivity index (χ0n) is 7.92. The highest BCUT2D eigenvalue weighted by atomic mass is 35.5. The number of nitrogens with zero attached hydrogens (tertiary/aromatic N) is 2. The van der Waals surface area contributed by atoms with Gasteiger partial charge in [-0.15, -0.1) is 10.2 Å². The fraction of sp³-hybridized carbons (Fsp3) is 0. The normalized spacial score (nSPS) is 10.2. The lowest BCUT2D eigenvalue weighted by atomic mass is 10.3. The molecule has 0 spiro atoms. The highest BCUT2D eigenvalue weighted by Crippen LogP contribution is 2.25. The van der Waals surface area contributed by atoms with Gasteiger partial charge in [0, 0.05) is 16.8 Å². The number of aromatic nitrogens is 2. The first-order valence-corrected chi connectivity index (χ1v) is 5.50. The lowest BCUT2D eigenvalue weighted by Gasteiger charge is -2.07. The van der Waals surface area contributed by atoms with Gasteiger partial charge in [-0.25, -0.2) is 0 Å². The number of hydrogen-bond acceptors (Lipinski definition) is 3. The van der Waals surface area contributed by atoms with E-state index in [1.807, 2.05) is 12.1 Å². The summed E-state index contributed by atoms with van der Waals surface area (Å²) in [7, 11) is 0. The summed E-state index contributed by atoms with van der Waals surface area (Å²) in [5.74, 6) is 0. The second-order valence-electron chi connectivity index (χ2n) is 3.00. The third kappa shape index (κ3) is 2.76. The van der Waals surface area contributed by atoms with Gasteiger partial charge in [0.25, 0.3) is 0 Å². The van der Waals surface area contributed by atoms with Crippen LogP contribution >= 0.6 is 34.8 Å². The minimum atomic E-state index is 0.263. The molecule has 1 aromatic carbocycles. The fourth-order valence-corrected chi connectivity index (χ4v) is 1.54. The molecule has 0 radical (unpaired) electrons. The molecule has 16 heavy (non-hydrogen) atoms. The monoisotopic (exact) mass is 273 g/mol. The van der Waals surface area contributed by atoms with Crippen molar-refractivity contribution in [1.29, 1.82) is 0 Å². The quantitative estimate of drug-likeness (QED) is 0.892. The number of hydrogen-bond donors (Lipinski definition) is 1. The van der Waals surface area contributed by atoms with Crippen LogP contribution in [-0.4, -0.2) is 10.2 Å². The topological polar surface area (TPSA) is 37.8 Å². The number of halogens is 3. The Hall–Kier alpha value is -1.03. The second-order valence-corrected chi connectivity index (χ2v) is 4.19. The lowest BCUT2D eigenvalue weighted by molar-refractivity contribution is 1.03. The van der Waals surface area contributed by atoms with Crippen LogP contribution in [0.2, 0.25) is 15.3 Å². The lowest BCUT2D eigenvalue weighted by Crippen LogP contribution is -1.94. The molecule has 0 amide bonds. The zero-order valence-corrected chi connectivity index (χ0v) is 10.2. The summed E-state index contributed by atoms with van der Waals surface area (Å²) in [6.07, 6.45) is 0. The van der Waals surface area contributed by atoms with E-state index in [0.29, 0.717) is 10.7 Å². The molecule has 0 fully saturated rings. The van der Waals surface area contributed by atoms with Gasteiger partial charge < -0.3 is 5.32 Å². The molecule has 0 aliphatic carbocycles. The molecule has 0 saturated carbocycles. The third-order valence-corrected chi connectivity index (χ3v) is 2.56. The largest absolute Gasteiger partial charge is 0.353 e. The van der Waals surface area contributed by atoms with Crippen molar-refractivity contribution in [2.24, 2.45) is 0 Å². The second kappa shape index (κ2) is 4.87. The molecule has 0 unspecified atom stereocenters. The van der Waals surface area contributed by atoms with Crippen LogP contribution in [0.4, 0.5) is 11.4 Å². The molecule has 0 aliphatic heterocycles. The van der Waals surface area contributed by atoms with Crippen LogP contribution in [0.5, 0.6) is 0 Å². The van der Waals surface area contributed by atoms with E-state index in [4.69, 9.17) is 34.8 Å². The molecule has 0 saturated heterocycles. The maximum Gasteiger partial charge on any atom is 0.175 e. The molecule has 0 bridgehead atoms. The summed E-state index contributed by atoms with van der Waals surface area (Å²) in [4.78, 5) is 0. The first-order chi connectivity index (χ1) is 7.65. The van der Waals surface area contributed by atoms with Gasteiger partial charge in [0.2, 0.25) is 0 Å². The number of nitrogens with one attached hydrogen (secondary N) is 1. The molecule has 0 aliphatic rings. The first kappa shape index (κ1) is 11.5. The van der Waals surface area contributed by atoms with Gasteiger partial charge in [0.15, 0.2) is 10.3 Å². The minimum Gasteiger partial charge on any atom is -0.353 e. The average molecular weight is 275 g/mol. The minimum absolute atomic E-state index is 0.263. The summed E-state index contributed by atoms with van der Waals surface area (Å²) in [5, 5.41) is 11.6. The van der Waals surface area contributed by atoms with Crippen molar-refractivity contribution in [2.45, 2.75) is 0 Å². The van der Waals surface area contributed by atoms with Gasteiger partial charge in [0.05, 0.1) is 5.69 Å². The molecule has 0 atom stereocenters. The van der Waals surface area contributed by atoms with E-state index in [2.05, 4.69) is 15.5 Å². The Kier molecular flexibility index (Phi) is 3.49. The van der Waals surface area contributed by atoms with Crippen molar-refractivity contribution in [2.75, 3.05) is 5.32 Å². The van der Waals surface area contributed by atoms with Gasteiger partial charge >= 0.3 is 0 Å². The van der Waals surface area contributed by atoms with E-state index in [1.54, 1.807) is 18.2 Å².